The van der Waals surface area contributed by atoms with Crippen molar-refractivity contribution in [1.29, 1.82) is 0 Å². The Hall–Kier alpha value is -1.02. The molecule has 0 spiro atoms. The number of carbonyl (C=O) groups is 1. The third kappa shape index (κ3) is 3.92. The molecule has 0 aliphatic rings. The predicted octanol–water partition coefficient (Wildman–Crippen LogP) is -0.488. The van der Waals surface area contributed by atoms with Gasteiger partial charge in [-0.25, -0.2) is 0 Å². The zero-order valence-corrected chi connectivity index (χ0v) is 5.93. The van der Waals surface area contributed by atoms with Crippen molar-refractivity contribution in [2.75, 3.05) is 5.75 Å². The van der Waals surface area contributed by atoms with Crippen LogP contribution < -0.4 is 0 Å². The first-order chi connectivity index (χ1) is 4.62. The van der Waals surface area contributed by atoms with E-state index >= 15 is 0 Å². The van der Waals surface area contributed by atoms with Crippen LogP contribution in [-0.4, -0.2) is 20.6 Å². The minimum atomic E-state index is -3.70. The van der Waals surface area contributed by atoms with E-state index in [4.69, 9.17) is 6.42 Å². The Morgan fingerprint density at radius 3 is 2.60 bits per heavy atom. The summed E-state index contributed by atoms with van der Waals surface area (Å²) in [4.78, 5) is 9.53. The lowest BCUT2D eigenvalue weighted by molar-refractivity contribution is -0.120. The van der Waals surface area contributed by atoms with Gasteiger partial charge < -0.3 is 4.18 Å². The molecular formula is C5H6O4S. The van der Waals surface area contributed by atoms with Crippen LogP contribution in [0.5, 0.6) is 0 Å². The lowest BCUT2D eigenvalue weighted by atomic mass is 10.5. The van der Waals surface area contributed by atoms with Crippen LogP contribution in [0.25, 0.3) is 0 Å². The first kappa shape index (κ1) is 8.98. The van der Waals surface area contributed by atoms with Gasteiger partial charge >= 0.3 is 16.6 Å². The van der Waals surface area contributed by atoms with Gasteiger partial charge in [0.2, 0.25) is 0 Å². The Morgan fingerprint density at radius 2 is 2.20 bits per heavy atom. The van der Waals surface area contributed by atoms with Crippen LogP contribution in [0.4, 0.5) is 0 Å². The second kappa shape index (κ2) is 3.90. The van der Waals surface area contributed by atoms with Gasteiger partial charge in [0.05, 0.1) is 5.75 Å². The highest BCUT2D eigenvalue weighted by Crippen LogP contribution is 1.91. The molecule has 0 saturated carbocycles. The van der Waals surface area contributed by atoms with E-state index in [1.54, 1.807) is 0 Å². The third-order valence-electron chi connectivity index (χ3n) is 0.682. The Kier molecular flexibility index (Phi) is 3.51. The number of terminal acetylenes is 1. The standard InChI is InChI=1S/C5H6O4S/c1-2-3-4-10(7,8)9-5-6/h1,5H,3-4H2. The molecule has 56 valence electrons. The smallest absolute Gasteiger partial charge is 0.312 e. The van der Waals surface area contributed by atoms with Crippen molar-refractivity contribution in [3.8, 4) is 12.3 Å². The number of hydrogen-bond donors (Lipinski definition) is 0. The Labute approximate surface area is 59.3 Å². The topological polar surface area (TPSA) is 60.4 Å². The van der Waals surface area contributed by atoms with Crippen molar-refractivity contribution in [1.82, 2.24) is 0 Å². The van der Waals surface area contributed by atoms with Gasteiger partial charge in [0.25, 0.3) is 0 Å². The fourth-order valence-corrected chi connectivity index (χ4v) is 0.876. The molecule has 0 aromatic rings. The highest BCUT2D eigenvalue weighted by molar-refractivity contribution is 7.87. The van der Waals surface area contributed by atoms with E-state index in [1.807, 2.05) is 0 Å². The Morgan fingerprint density at radius 1 is 1.60 bits per heavy atom. The van der Waals surface area contributed by atoms with Crippen LogP contribution in [0.15, 0.2) is 0 Å². The Balaban J connectivity index is 3.91. The molecule has 0 fully saturated rings. The maximum absolute atomic E-state index is 10.4. The highest BCUT2D eigenvalue weighted by Gasteiger charge is 2.08. The predicted molar refractivity (Wildman–Crippen MR) is 34.4 cm³/mol. The van der Waals surface area contributed by atoms with Gasteiger partial charge in [-0.2, -0.15) is 8.42 Å². The average Bonchev–Trinajstić information content (AvgIpc) is 1.84. The van der Waals surface area contributed by atoms with Gasteiger partial charge in [0, 0.05) is 6.42 Å². The van der Waals surface area contributed by atoms with Crippen LogP contribution in [-0.2, 0) is 19.1 Å². The Bertz CT molecular complexity index is 233. The van der Waals surface area contributed by atoms with Crippen LogP contribution in [0.1, 0.15) is 6.42 Å². The third-order valence-corrected chi connectivity index (χ3v) is 1.76. The monoisotopic (exact) mass is 162 g/mol. The lowest BCUT2D eigenvalue weighted by Crippen LogP contribution is -2.08. The van der Waals surface area contributed by atoms with Crippen LogP contribution >= 0.6 is 0 Å². The second-order valence-electron chi connectivity index (χ2n) is 1.41. The molecule has 0 bridgehead atoms. The maximum Gasteiger partial charge on any atom is 0.312 e. The minimum Gasteiger partial charge on any atom is -0.348 e. The fourth-order valence-electron chi connectivity index (χ4n) is 0.292. The second-order valence-corrected chi connectivity index (χ2v) is 3.12. The molecule has 0 aromatic heterocycles. The van der Waals surface area contributed by atoms with Gasteiger partial charge in [-0.15, -0.1) is 12.3 Å². The molecule has 0 rings (SSSR count). The summed E-state index contributed by atoms with van der Waals surface area (Å²) in [6.07, 6.45) is 4.83. The highest BCUT2D eigenvalue weighted by atomic mass is 32.2. The van der Waals surface area contributed by atoms with E-state index in [1.165, 1.54) is 0 Å². The summed E-state index contributed by atoms with van der Waals surface area (Å²) in [6.45, 7) is -0.133. The molecule has 0 aliphatic carbocycles. The quantitative estimate of drug-likeness (QED) is 0.318. The molecular weight excluding hydrogens is 156 g/mol. The molecule has 0 heterocycles. The number of hydrogen-bond acceptors (Lipinski definition) is 4. The largest absolute Gasteiger partial charge is 0.348 e. The molecule has 0 aliphatic heterocycles. The van der Waals surface area contributed by atoms with Crippen molar-refractivity contribution >= 4 is 16.6 Å². The summed E-state index contributed by atoms with van der Waals surface area (Å²) < 4.78 is 24.6. The first-order valence-electron chi connectivity index (χ1n) is 2.40. The van der Waals surface area contributed by atoms with Crippen molar-refractivity contribution in [3.63, 3.8) is 0 Å². The number of rotatable bonds is 4. The summed E-state index contributed by atoms with van der Waals surface area (Å²) in [7, 11) is -3.70. The molecule has 5 heteroatoms. The first-order valence-corrected chi connectivity index (χ1v) is 3.98. The maximum atomic E-state index is 10.4. The van der Waals surface area contributed by atoms with Gasteiger partial charge in [-0.05, 0) is 0 Å². The molecule has 0 radical (unpaired) electrons. The fraction of sp³-hybridized carbons (Fsp3) is 0.400. The SMILES string of the molecule is C#CCCS(=O)(=O)OC=O. The summed E-state index contributed by atoms with van der Waals surface area (Å²) in [5.41, 5.74) is 0. The molecule has 4 nitrogen and oxygen atoms in total. The van der Waals surface area contributed by atoms with Crippen molar-refractivity contribution in [2.45, 2.75) is 6.42 Å². The summed E-state index contributed by atoms with van der Waals surface area (Å²) in [5, 5.41) is 0. The molecule has 0 N–H and O–H groups in total. The normalized spacial score (nSPS) is 9.90. The zero-order chi connectivity index (χ0) is 8.04. The molecule has 0 unspecified atom stereocenters. The van der Waals surface area contributed by atoms with E-state index in [0.29, 0.717) is 0 Å². The summed E-state index contributed by atoms with van der Waals surface area (Å²) in [6, 6.07) is 0. The van der Waals surface area contributed by atoms with E-state index in [0.717, 1.165) is 0 Å². The molecule has 0 saturated heterocycles. The summed E-state index contributed by atoms with van der Waals surface area (Å²) in [5.74, 6) is 1.79. The zero-order valence-electron chi connectivity index (χ0n) is 5.11. The van der Waals surface area contributed by atoms with Gasteiger partial charge in [0.1, 0.15) is 0 Å². The van der Waals surface area contributed by atoms with Crippen LogP contribution in [0.2, 0.25) is 0 Å². The molecule has 0 amide bonds. The lowest BCUT2D eigenvalue weighted by Gasteiger charge is -1.94. The van der Waals surface area contributed by atoms with Gasteiger partial charge in [0.15, 0.2) is 0 Å². The molecule has 0 aromatic carbocycles. The number of carbonyl (C=O) groups excluding carboxylic acids is 1. The van der Waals surface area contributed by atoms with E-state index in [9.17, 15) is 13.2 Å². The van der Waals surface area contributed by atoms with Crippen LogP contribution in [0.3, 0.4) is 0 Å². The van der Waals surface area contributed by atoms with Crippen molar-refractivity contribution < 1.29 is 17.4 Å². The van der Waals surface area contributed by atoms with E-state index < -0.39 is 10.1 Å². The van der Waals surface area contributed by atoms with Gasteiger partial charge in [-0.1, -0.05) is 0 Å². The van der Waals surface area contributed by atoms with Crippen LogP contribution in [0, 0.1) is 12.3 Å². The average molecular weight is 162 g/mol. The van der Waals surface area contributed by atoms with Crippen molar-refractivity contribution in [2.24, 2.45) is 0 Å². The minimum absolute atomic E-state index is 0.0518. The molecule has 10 heavy (non-hydrogen) atoms. The van der Waals surface area contributed by atoms with E-state index in [2.05, 4.69) is 10.1 Å². The van der Waals surface area contributed by atoms with Gasteiger partial charge in [-0.3, -0.25) is 4.79 Å². The summed E-state index contributed by atoms with van der Waals surface area (Å²) >= 11 is 0. The molecule has 0 atom stereocenters. The van der Waals surface area contributed by atoms with Crippen molar-refractivity contribution in [3.05, 3.63) is 0 Å². The van der Waals surface area contributed by atoms with E-state index in [-0.39, 0.29) is 18.6 Å².